The lowest BCUT2D eigenvalue weighted by Gasteiger charge is -2.29. The summed E-state index contributed by atoms with van der Waals surface area (Å²) >= 11 is 0. The van der Waals surface area contributed by atoms with Crippen molar-refractivity contribution in [3.8, 4) is 0 Å². The summed E-state index contributed by atoms with van der Waals surface area (Å²) in [5, 5.41) is 2.94. The molecule has 1 saturated heterocycles. The number of anilines is 2. The van der Waals surface area contributed by atoms with Crippen molar-refractivity contribution in [3.63, 3.8) is 0 Å². The van der Waals surface area contributed by atoms with E-state index in [9.17, 15) is 9.59 Å². The number of aryl methyl sites for hydroxylation is 1. The molecular formula is C24H31N3O2. The Bertz CT molecular complexity index is 826. The zero-order valence-electron chi connectivity index (χ0n) is 17.5. The van der Waals surface area contributed by atoms with E-state index in [1.807, 2.05) is 43.3 Å². The topological polar surface area (TPSA) is 52.7 Å². The van der Waals surface area contributed by atoms with Crippen molar-refractivity contribution in [1.29, 1.82) is 0 Å². The minimum Gasteiger partial charge on any atom is -0.372 e. The number of carbonyl (C=O) groups excluding carboxylic acids is 2. The van der Waals surface area contributed by atoms with Crippen LogP contribution in [0.5, 0.6) is 0 Å². The lowest BCUT2D eigenvalue weighted by Crippen LogP contribution is -2.38. The van der Waals surface area contributed by atoms with Gasteiger partial charge in [-0.3, -0.25) is 9.59 Å². The third kappa shape index (κ3) is 5.83. The van der Waals surface area contributed by atoms with Gasteiger partial charge in [0.05, 0.1) is 6.42 Å². The fourth-order valence-corrected chi connectivity index (χ4v) is 3.81. The van der Waals surface area contributed by atoms with Crippen LogP contribution in [0.1, 0.15) is 37.3 Å². The molecule has 0 radical (unpaired) electrons. The Morgan fingerprint density at radius 3 is 2.34 bits per heavy atom. The van der Waals surface area contributed by atoms with Gasteiger partial charge in [-0.15, -0.1) is 0 Å². The maximum Gasteiger partial charge on any atom is 0.224 e. The minimum absolute atomic E-state index is 0.0242. The highest BCUT2D eigenvalue weighted by molar-refractivity contribution is 5.91. The van der Waals surface area contributed by atoms with Crippen molar-refractivity contribution in [2.45, 2.75) is 39.5 Å². The van der Waals surface area contributed by atoms with Crippen LogP contribution in [0.4, 0.5) is 11.4 Å². The highest BCUT2D eigenvalue weighted by atomic mass is 16.2. The number of benzene rings is 2. The van der Waals surface area contributed by atoms with Gasteiger partial charge in [-0.2, -0.15) is 0 Å². The second kappa shape index (κ2) is 10.1. The Kier molecular flexibility index (Phi) is 7.28. The molecule has 2 amide bonds. The maximum atomic E-state index is 12.3. The number of hydrogen-bond acceptors (Lipinski definition) is 3. The second-order valence-electron chi connectivity index (χ2n) is 7.69. The fourth-order valence-electron chi connectivity index (χ4n) is 3.81. The smallest absolute Gasteiger partial charge is 0.224 e. The van der Waals surface area contributed by atoms with Crippen molar-refractivity contribution >= 4 is 23.2 Å². The van der Waals surface area contributed by atoms with Crippen LogP contribution in [0.2, 0.25) is 0 Å². The van der Waals surface area contributed by atoms with Crippen LogP contribution in [-0.2, 0) is 16.0 Å². The molecule has 1 N–H and O–H groups in total. The molecule has 1 fully saturated rings. The van der Waals surface area contributed by atoms with E-state index in [0.717, 1.165) is 29.9 Å². The summed E-state index contributed by atoms with van der Waals surface area (Å²) in [6.45, 7) is 6.66. The average Bonchev–Trinajstić information content (AvgIpc) is 2.73. The monoisotopic (exact) mass is 393 g/mol. The van der Waals surface area contributed by atoms with Crippen LogP contribution in [0.3, 0.4) is 0 Å². The first-order chi connectivity index (χ1) is 14.0. The highest BCUT2D eigenvalue weighted by Gasteiger charge is 2.14. The molecule has 3 rings (SSSR count). The predicted molar refractivity (Wildman–Crippen MR) is 118 cm³/mol. The van der Waals surface area contributed by atoms with Gasteiger partial charge in [0.2, 0.25) is 11.8 Å². The van der Waals surface area contributed by atoms with E-state index in [2.05, 4.69) is 22.3 Å². The number of nitrogens with one attached hydrogen (secondary N) is 1. The Morgan fingerprint density at radius 1 is 1.00 bits per heavy atom. The van der Waals surface area contributed by atoms with Crippen molar-refractivity contribution < 1.29 is 9.59 Å². The van der Waals surface area contributed by atoms with Gasteiger partial charge < -0.3 is 15.1 Å². The second-order valence-corrected chi connectivity index (χ2v) is 7.69. The van der Waals surface area contributed by atoms with Crippen molar-refractivity contribution in [2.75, 3.05) is 36.0 Å². The van der Waals surface area contributed by atoms with Crippen LogP contribution in [0.25, 0.3) is 0 Å². The number of piperidine rings is 1. The summed E-state index contributed by atoms with van der Waals surface area (Å²) in [5.41, 5.74) is 4.22. The third-order valence-corrected chi connectivity index (χ3v) is 5.53. The third-order valence-electron chi connectivity index (χ3n) is 5.53. The van der Waals surface area contributed by atoms with Crippen LogP contribution in [-0.4, -0.2) is 38.0 Å². The molecule has 0 bridgehead atoms. The number of hydrogen-bond donors (Lipinski definition) is 1. The standard InChI is InChI=1S/C24H31N3O2/c1-19-8-4-5-9-21(19)18-24(29)25-14-17-27(20(2)28)23-12-10-22(11-13-23)26-15-6-3-7-16-26/h4-5,8-13H,3,6-7,14-18H2,1-2H3,(H,25,29). The lowest BCUT2D eigenvalue weighted by molar-refractivity contribution is -0.121. The predicted octanol–water partition coefficient (Wildman–Crippen LogP) is 3.70. The Balaban J connectivity index is 1.54. The van der Waals surface area contributed by atoms with Crippen molar-refractivity contribution in [2.24, 2.45) is 0 Å². The van der Waals surface area contributed by atoms with E-state index < -0.39 is 0 Å². The summed E-state index contributed by atoms with van der Waals surface area (Å²) in [4.78, 5) is 28.5. The van der Waals surface area contributed by atoms with E-state index in [1.54, 1.807) is 11.8 Å². The van der Waals surface area contributed by atoms with Gasteiger partial charge in [-0.05, 0) is 61.6 Å². The molecule has 29 heavy (non-hydrogen) atoms. The molecule has 0 aliphatic carbocycles. The number of rotatable bonds is 7. The first-order valence-electron chi connectivity index (χ1n) is 10.5. The minimum atomic E-state index is -0.0248. The molecule has 2 aromatic rings. The molecule has 1 aliphatic rings. The summed E-state index contributed by atoms with van der Waals surface area (Å²) in [6, 6.07) is 16.1. The van der Waals surface area contributed by atoms with E-state index >= 15 is 0 Å². The van der Waals surface area contributed by atoms with Crippen LogP contribution >= 0.6 is 0 Å². The molecule has 1 heterocycles. The Hall–Kier alpha value is -2.82. The summed E-state index contributed by atoms with van der Waals surface area (Å²) < 4.78 is 0. The van der Waals surface area contributed by atoms with Gasteiger partial charge in [-0.25, -0.2) is 0 Å². The lowest BCUT2D eigenvalue weighted by atomic mass is 10.1. The Morgan fingerprint density at radius 2 is 1.69 bits per heavy atom. The molecule has 0 aromatic heterocycles. The largest absolute Gasteiger partial charge is 0.372 e. The van der Waals surface area contributed by atoms with Crippen LogP contribution in [0.15, 0.2) is 48.5 Å². The average molecular weight is 394 g/mol. The quantitative estimate of drug-likeness (QED) is 0.780. The van der Waals surface area contributed by atoms with E-state index in [-0.39, 0.29) is 11.8 Å². The van der Waals surface area contributed by atoms with Gasteiger partial charge in [-0.1, -0.05) is 24.3 Å². The van der Waals surface area contributed by atoms with Crippen LogP contribution in [0, 0.1) is 6.92 Å². The summed E-state index contributed by atoms with van der Waals surface area (Å²) in [7, 11) is 0. The van der Waals surface area contributed by atoms with Crippen molar-refractivity contribution in [1.82, 2.24) is 5.32 Å². The molecular weight excluding hydrogens is 362 g/mol. The number of nitrogens with zero attached hydrogens (tertiary/aromatic N) is 2. The molecule has 1 aliphatic heterocycles. The van der Waals surface area contributed by atoms with Crippen LogP contribution < -0.4 is 15.1 Å². The van der Waals surface area contributed by atoms with Gasteiger partial charge in [0.1, 0.15) is 0 Å². The first-order valence-corrected chi connectivity index (χ1v) is 10.5. The number of carbonyl (C=O) groups is 2. The normalized spacial score (nSPS) is 13.8. The van der Waals surface area contributed by atoms with Gasteiger partial charge in [0, 0.05) is 44.5 Å². The van der Waals surface area contributed by atoms with Gasteiger partial charge >= 0.3 is 0 Å². The summed E-state index contributed by atoms with van der Waals surface area (Å²) in [6.07, 6.45) is 4.15. The highest BCUT2D eigenvalue weighted by Crippen LogP contribution is 2.23. The van der Waals surface area contributed by atoms with Gasteiger partial charge in [0.25, 0.3) is 0 Å². The van der Waals surface area contributed by atoms with Gasteiger partial charge in [0.15, 0.2) is 0 Å². The fraction of sp³-hybridized carbons (Fsp3) is 0.417. The van der Waals surface area contributed by atoms with E-state index in [1.165, 1.54) is 24.9 Å². The van der Waals surface area contributed by atoms with E-state index in [0.29, 0.717) is 19.5 Å². The molecule has 5 heteroatoms. The Labute approximate surface area is 173 Å². The maximum absolute atomic E-state index is 12.3. The molecule has 0 unspecified atom stereocenters. The first kappa shape index (κ1) is 20.9. The summed E-state index contributed by atoms with van der Waals surface area (Å²) in [5.74, 6) is -0.0490. The zero-order valence-corrected chi connectivity index (χ0v) is 17.5. The van der Waals surface area contributed by atoms with E-state index in [4.69, 9.17) is 0 Å². The molecule has 0 saturated carbocycles. The molecule has 0 atom stereocenters. The zero-order chi connectivity index (χ0) is 20.6. The molecule has 154 valence electrons. The SMILES string of the molecule is CC(=O)N(CCNC(=O)Cc1ccccc1C)c1ccc(N2CCCCC2)cc1. The molecule has 2 aromatic carbocycles. The number of amides is 2. The van der Waals surface area contributed by atoms with Crippen molar-refractivity contribution in [3.05, 3.63) is 59.7 Å². The molecule has 5 nitrogen and oxygen atoms in total. The molecule has 0 spiro atoms.